The van der Waals surface area contributed by atoms with E-state index in [0.29, 0.717) is 23.3 Å². The molecule has 148 valence electrons. The maximum Gasteiger partial charge on any atom is 0.352 e. The summed E-state index contributed by atoms with van der Waals surface area (Å²) in [6.07, 6.45) is 7.95. The SMILES string of the molecule is Cc1c(C2CC2)nc2c(c1NC(=O)N=S(N)c1cnn3c1OCCC3)CCC2. The molecule has 0 aromatic carbocycles. The highest BCUT2D eigenvalue weighted by atomic mass is 32.2. The summed E-state index contributed by atoms with van der Waals surface area (Å²) < 4.78 is 11.6. The molecule has 1 unspecified atom stereocenters. The van der Waals surface area contributed by atoms with Gasteiger partial charge in [-0.25, -0.2) is 9.48 Å². The van der Waals surface area contributed by atoms with Crippen molar-refractivity contribution in [2.75, 3.05) is 11.9 Å². The topological polar surface area (TPSA) is 107 Å². The molecule has 3 aliphatic rings. The Morgan fingerprint density at radius 2 is 2.25 bits per heavy atom. The van der Waals surface area contributed by atoms with Crippen molar-refractivity contribution in [3.8, 4) is 5.88 Å². The van der Waals surface area contributed by atoms with E-state index in [1.807, 2.05) is 0 Å². The lowest BCUT2D eigenvalue weighted by Crippen LogP contribution is -2.18. The third-order valence-electron chi connectivity index (χ3n) is 5.62. The van der Waals surface area contributed by atoms with Gasteiger partial charge in [-0.1, -0.05) is 0 Å². The summed E-state index contributed by atoms with van der Waals surface area (Å²) >= 11 is 0. The Balaban J connectivity index is 1.43. The Bertz CT molecular complexity index is 995. The van der Waals surface area contributed by atoms with Crippen molar-refractivity contribution in [3.63, 3.8) is 0 Å². The number of nitrogens with one attached hydrogen (secondary N) is 1. The van der Waals surface area contributed by atoms with Crippen LogP contribution in [0.3, 0.4) is 0 Å². The first-order valence-electron chi connectivity index (χ1n) is 9.84. The summed E-state index contributed by atoms with van der Waals surface area (Å²) in [5, 5.41) is 13.5. The van der Waals surface area contributed by atoms with Crippen LogP contribution in [0.2, 0.25) is 0 Å². The zero-order chi connectivity index (χ0) is 19.3. The second-order valence-corrected chi connectivity index (χ2v) is 8.88. The standard InChI is InChI=1S/C19H24N6O2S/c1-11-16(12-6-7-12)22-14-5-2-4-13(14)17(11)23-19(26)24-28(20)15-10-21-25-8-3-9-27-18(15)25/h10,12H,2-9H2,1H3,(H3,20,22,23,24,26). The number of carbonyl (C=O) groups is 1. The van der Waals surface area contributed by atoms with E-state index in [0.717, 1.165) is 60.4 Å². The van der Waals surface area contributed by atoms with Crippen molar-refractivity contribution in [2.24, 2.45) is 9.50 Å². The molecular weight excluding hydrogens is 376 g/mol. The van der Waals surface area contributed by atoms with Gasteiger partial charge in [-0.05, 0) is 50.2 Å². The summed E-state index contributed by atoms with van der Waals surface area (Å²) in [5.74, 6) is 1.17. The first-order chi connectivity index (χ1) is 13.6. The molecular formula is C19H24N6O2S. The van der Waals surface area contributed by atoms with E-state index < -0.39 is 16.9 Å². The van der Waals surface area contributed by atoms with Gasteiger partial charge in [0.2, 0.25) is 5.88 Å². The first-order valence-corrected chi connectivity index (χ1v) is 11.1. The van der Waals surface area contributed by atoms with E-state index in [9.17, 15) is 4.79 Å². The van der Waals surface area contributed by atoms with Gasteiger partial charge >= 0.3 is 6.03 Å². The monoisotopic (exact) mass is 400 g/mol. The van der Waals surface area contributed by atoms with E-state index in [1.54, 1.807) is 10.9 Å². The van der Waals surface area contributed by atoms with Gasteiger partial charge in [0.25, 0.3) is 0 Å². The third-order valence-corrected chi connectivity index (χ3v) is 6.71. The number of ether oxygens (including phenoxy) is 1. The van der Waals surface area contributed by atoms with Crippen molar-refractivity contribution in [1.29, 1.82) is 0 Å². The molecule has 3 heterocycles. The largest absolute Gasteiger partial charge is 0.477 e. The maximum atomic E-state index is 12.7. The maximum absolute atomic E-state index is 12.7. The molecule has 1 atom stereocenters. The molecule has 8 nitrogen and oxygen atoms in total. The summed E-state index contributed by atoms with van der Waals surface area (Å²) in [6, 6.07) is -0.424. The molecule has 9 heteroatoms. The minimum absolute atomic E-state index is 0.424. The Kier molecular flexibility index (Phi) is 4.43. The zero-order valence-corrected chi connectivity index (χ0v) is 16.7. The Hall–Kier alpha value is -2.26. The van der Waals surface area contributed by atoms with Crippen LogP contribution in [0.1, 0.15) is 54.1 Å². The molecule has 0 spiro atoms. The number of pyridine rings is 1. The molecule has 1 aliphatic heterocycles. The van der Waals surface area contributed by atoms with Gasteiger partial charge in [-0.15, -0.1) is 0 Å². The van der Waals surface area contributed by atoms with Crippen LogP contribution in [-0.2, 0) is 30.3 Å². The molecule has 0 radical (unpaired) electrons. The van der Waals surface area contributed by atoms with Gasteiger partial charge in [-0.3, -0.25) is 10.1 Å². The molecule has 2 aliphatic carbocycles. The van der Waals surface area contributed by atoms with Crippen LogP contribution in [0.15, 0.2) is 15.5 Å². The summed E-state index contributed by atoms with van der Waals surface area (Å²) in [6.45, 7) is 3.48. The summed E-state index contributed by atoms with van der Waals surface area (Å²) in [4.78, 5) is 18.3. The quantitative estimate of drug-likeness (QED) is 0.823. The number of nitrogens with two attached hydrogens (primary N) is 1. The number of aryl methyl sites for hydroxylation is 2. The molecule has 3 N–H and O–H groups in total. The summed E-state index contributed by atoms with van der Waals surface area (Å²) in [7, 11) is -1.11. The highest BCUT2D eigenvalue weighted by Crippen LogP contribution is 2.44. The molecule has 28 heavy (non-hydrogen) atoms. The van der Waals surface area contributed by atoms with Crippen LogP contribution in [0.5, 0.6) is 5.88 Å². The molecule has 1 saturated carbocycles. The average molecular weight is 401 g/mol. The average Bonchev–Trinajstić information content (AvgIpc) is 3.25. The Labute approximate surface area is 166 Å². The zero-order valence-electron chi connectivity index (χ0n) is 15.9. The minimum Gasteiger partial charge on any atom is -0.477 e. The van der Waals surface area contributed by atoms with Crippen LogP contribution < -0.4 is 15.2 Å². The molecule has 0 saturated heterocycles. The van der Waals surface area contributed by atoms with E-state index >= 15 is 0 Å². The molecule has 2 aromatic rings. The second kappa shape index (κ2) is 6.97. The number of rotatable bonds is 3. The van der Waals surface area contributed by atoms with Gasteiger partial charge in [-0.2, -0.15) is 9.46 Å². The molecule has 0 bridgehead atoms. The molecule has 5 rings (SSSR count). The van der Waals surface area contributed by atoms with Crippen LogP contribution in [0, 0.1) is 6.92 Å². The number of amides is 2. The highest BCUT2D eigenvalue weighted by molar-refractivity contribution is 7.85. The molecule has 2 amide bonds. The Morgan fingerprint density at radius 1 is 1.39 bits per heavy atom. The third kappa shape index (κ3) is 3.12. The van der Waals surface area contributed by atoms with Crippen molar-refractivity contribution in [3.05, 3.63) is 28.7 Å². The van der Waals surface area contributed by atoms with E-state index in [1.165, 1.54) is 12.8 Å². The van der Waals surface area contributed by atoms with Crippen molar-refractivity contribution < 1.29 is 9.53 Å². The number of aromatic nitrogens is 3. The minimum atomic E-state index is -1.11. The van der Waals surface area contributed by atoms with Gasteiger partial charge < -0.3 is 10.1 Å². The smallest absolute Gasteiger partial charge is 0.352 e. The first kappa shape index (κ1) is 17.8. The normalized spacial score (nSPS) is 19.1. The van der Waals surface area contributed by atoms with Gasteiger partial charge in [0.1, 0.15) is 4.90 Å². The van der Waals surface area contributed by atoms with E-state index in [-0.39, 0.29) is 0 Å². The lowest BCUT2D eigenvalue weighted by atomic mass is 10.0. The number of fused-ring (bicyclic) bond motifs is 2. The predicted molar refractivity (Wildman–Crippen MR) is 107 cm³/mol. The lowest BCUT2D eigenvalue weighted by Gasteiger charge is -2.16. The van der Waals surface area contributed by atoms with Gasteiger partial charge in [0.15, 0.2) is 0 Å². The molecule has 1 fully saturated rings. The van der Waals surface area contributed by atoms with Crippen molar-refractivity contribution >= 4 is 22.6 Å². The van der Waals surface area contributed by atoms with Gasteiger partial charge in [0.05, 0.1) is 18.5 Å². The van der Waals surface area contributed by atoms with Crippen LogP contribution in [0.4, 0.5) is 10.5 Å². The van der Waals surface area contributed by atoms with E-state index in [2.05, 4.69) is 21.7 Å². The number of carbonyl (C=O) groups excluding carboxylic acids is 1. The van der Waals surface area contributed by atoms with Crippen LogP contribution >= 0.6 is 0 Å². The van der Waals surface area contributed by atoms with Crippen molar-refractivity contribution in [1.82, 2.24) is 14.8 Å². The molecule has 2 aromatic heterocycles. The van der Waals surface area contributed by atoms with E-state index in [4.69, 9.17) is 14.9 Å². The fourth-order valence-corrected chi connectivity index (χ4v) is 4.91. The number of hydrogen-bond donors (Lipinski definition) is 2. The van der Waals surface area contributed by atoms with Crippen LogP contribution in [-0.4, -0.2) is 27.4 Å². The fourth-order valence-electron chi connectivity index (χ4n) is 4.08. The number of hydrogen-bond acceptors (Lipinski definition) is 4. The number of nitrogens with zero attached hydrogens (tertiary/aromatic N) is 4. The number of urea groups is 1. The predicted octanol–water partition coefficient (Wildman–Crippen LogP) is 3.00. The fraction of sp³-hybridized carbons (Fsp3) is 0.526. The second-order valence-electron chi connectivity index (χ2n) is 7.63. The van der Waals surface area contributed by atoms with Crippen LogP contribution in [0.25, 0.3) is 0 Å². The van der Waals surface area contributed by atoms with Gasteiger partial charge in [0, 0.05) is 41.1 Å². The van der Waals surface area contributed by atoms with Crippen molar-refractivity contribution in [2.45, 2.75) is 62.8 Å². The number of anilines is 1. The lowest BCUT2D eigenvalue weighted by molar-refractivity contribution is 0.225. The summed E-state index contributed by atoms with van der Waals surface area (Å²) in [5.41, 5.74) is 5.40. The Morgan fingerprint density at radius 3 is 3.07 bits per heavy atom. The highest BCUT2D eigenvalue weighted by Gasteiger charge is 2.31.